The second-order valence-electron chi connectivity index (χ2n) is 8.43. The van der Waals surface area contributed by atoms with Crippen LogP contribution in [0.15, 0.2) is 24.5 Å². The Morgan fingerprint density at radius 3 is 2.48 bits per heavy atom. The van der Waals surface area contributed by atoms with Crippen molar-refractivity contribution in [2.75, 3.05) is 39.5 Å². The second kappa shape index (κ2) is 11.8. The number of alkyl halides is 3. The van der Waals surface area contributed by atoms with Gasteiger partial charge in [-0.05, 0) is 42.9 Å². The number of pyridine rings is 1. The second-order valence-corrected chi connectivity index (χ2v) is 8.43. The van der Waals surface area contributed by atoms with Gasteiger partial charge in [-0.15, -0.1) is 0 Å². The van der Waals surface area contributed by atoms with Crippen molar-refractivity contribution in [3.05, 3.63) is 30.1 Å². The lowest BCUT2D eigenvalue weighted by atomic mass is 9.91. The smallest absolute Gasteiger partial charge is 0.475 e. The lowest BCUT2D eigenvalue weighted by Gasteiger charge is -2.27. The first-order valence-corrected chi connectivity index (χ1v) is 11.0. The number of carbonyl (C=O) groups excluding carboxylic acids is 1. The van der Waals surface area contributed by atoms with E-state index in [0.717, 1.165) is 51.1 Å². The maximum absolute atomic E-state index is 12.7. The van der Waals surface area contributed by atoms with Gasteiger partial charge in [0.25, 0.3) is 0 Å². The van der Waals surface area contributed by atoms with Crippen LogP contribution in [0.1, 0.15) is 24.8 Å². The Morgan fingerprint density at radius 2 is 1.85 bits per heavy atom. The highest BCUT2D eigenvalue weighted by Crippen LogP contribution is 2.36. The van der Waals surface area contributed by atoms with E-state index in [4.69, 9.17) is 24.1 Å². The molecule has 0 bridgehead atoms. The summed E-state index contributed by atoms with van der Waals surface area (Å²) in [4.78, 5) is 27.7. The molecule has 0 spiro atoms. The van der Waals surface area contributed by atoms with Crippen LogP contribution in [0.4, 0.5) is 13.2 Å². The number of ether oxygens (including phenoxy) is 3. The first kappa shape index (κ1) is 25.4. The van der Waals surface area contributed by atoms with Crippen molar-refractivity contribution in [1.82, 2.24) is 9.88 Å². The van der Waals surface area contributed by atoms with Gasteiger partial charge in [-0.25, -0.2) is 4.79 Å². The SMILES string of the molecule is O=C(C1CCOCC1)N1C[C@H]2[C@@H](CCOCc3ccncc3)CO[C@H]2C1.O=C(O)C(F)(F)F. The van der Waals surface area contributed by atoms with E-state index in [1.165, 1.54) is 0 Å². The van der Waals surface area contributed by atoms with E-state index >= 15 is 0 Å². The molecule has 1 aromatic heterocycles. The van der Waals surface area contributed by atoms with Crippen LogP contribution in [0.2, 0.25) is 0 Å². The number of hydrogen-bond acceptors (Lipinski definition) is 6. The van der Waals surface area contributed by atoms with Crippen molar-refractivity contribution in [3.8, 4) is 0 Å². The van der Waals surface area contributed by atoms with E-state index in [-0.39, 0.29) is 12.0 Å². The van der Waals surface area contributed by atoms with Crippen LogP contribution >= 0.6 is 0 Å². The summed E-state index contributed by atoms with van der Waals surface area (Å²) in [5.74, 6) is -1.36. The topological polar surface area (TPSA) is 98.2 Å². The third-order valence-electron chi connectivity index (χ3n) is 6.21. The number of aromatic nitrogens is 1. The van der Waals surface area contributed by atoms with Gasteiger partial charge in [0.1, 0.15) is 0 Å². The van der Waals surface area contributed by atoms with Gasteiger partial charge in [0.05, 0.1) is 19.3 Å². The summed E-state index contributed by atoms with van der Waals surface area (Å²) in [5, 5.41) is 7.12. The zero-order valence-corrected chi connectivity index (χ0v) is 18.2. The van der Waals surface area contributed by atoms with Crippen molar-refractivity contribution in [3.63, 3.8) is 0 Å². The molecule has 4 rings (SSSR count). The molecule has 1 aromatic rings. The third kappa shape index (κ3) is 7.38. The van der Waals surface area contributed by atoms with Crippen molar-refractivity contribution < 1.29 is 42.1 Å². The average Bonchev–Trinajstić information content (AvgIpc) is 3.39. The number of carbonyl (C=O) groups is 2. The molecule has 3 aliphatic rings. The number of likely N-dealkylation sites (tertiary alicyclic amines) is 1. The van der Waals surface area contributed by atoms with Gasteiger partial charge < -0.3 is 24.2 Å². The molecule has 0 aliphatic carbocycles. The Balaban J connectivity index is 0.000000383. The number of rotatable bonds is 6. The first-order chi connectivity index (χ1) is 15.8. The fourth-order valence-electron chi connectivity index (χ4n) is 4.38. The number of nitrogens with zero attached hydrogens (tertiary/aromatic N) is 2. The van der Waals surface area contributed by atoms with Gasteiger partial charge in [-0.3, -0.25) is 9.78 Å². The number of aliphatic carboxylic acids is 1. The fraction of sp³-hybridized carbons (Fsp3) is 0.682. The number of hydrogen-bond donors (Lipinski definition) is 1. The fourth-order valence-corrected chi connectivity index (χ4v) is 4.38. The molecule has 0 saturated carbocycles. The highest BCUT2D eigenvalue weighted by molar-refractivity contribution is 5.79. The largest absolute Gasteiger partial charge is 0.490 e. The lowest BCUT2D eigenvalue weighted by molar-refractivity contribution is -0.192. The zero-order valence-electron chi connectivity index (χ0n) is 18.2. The molecule has 0 aromatic carbocycles. The molecule has 8 nitrogen and oxygen atoms in total. The van der Waals surface area contributed by atoms with Crippen molar-refractivity contribution in [2.45, 2.75) is 38.1 Å². The van der Waals surface area contributed by atoms with E-state index in [0.29, 0.717) is 37.6 Å². The molecule has 1 N–H and O–H groups in total. The summed E-state index contributed by atoms with van der Waals surface area (Å²) >= 11 is 0. The predicted molar refractivity (Wildman–Crippen MR) is 109 cm³/mol. The Bertz CT molecular complexity index is 773. The van der Waals surface area contributed by atoms with Crippen LogP contribution in [-0.4, -0.2) is 78.7 Å². The van der Waals surface area contributed by atoms with E-state index in [1.807, 2.05) is 17.0 Å². The first-order valence-electron chi connectivity index (χ1n) is 11.0. The van der Waals surface area contributed by atoms with Crippen LogP contribution < -0.4 is 0 Å². The number of halogens is 3. The molecule has 33 heavy (non-hydrogen) atoms. The molecule has 3 saturated heterocycles. The molecule has 0 radical (unpaired) electrons. The summed E-state index contributed by atoms with van der Waals surface area (Å²) < 4.78 is 48.9. The minimum Gasteiger partial charge on any atom is -0.475 e. The molecule has 1 amide bonds. The maximum atomic E-state index is 12.7. The summed E-state index contributed by atoms with van der Waals surface area (Å²) in [7, 11) is 0. The third-order valence-corrected chi connectivity index (χ3v) is 6.21. The van der Waals surface area contributed by atoms with E-state index in [9.17, 15) is 18.0 Å². The van der Waals surface area contributed by atoms with Gasteiger partial charge in [0, 0.05) is 57.1 Å². The van der Waals surface area contributed by atoms with Gasteiger partial charge in [0.2, 0.25) is 5.91 Å². The highest BCUT2D eigenvalue weighted by Gasteiger charge is 2.45. The van der Waals surface area contributed by atoms with Gasteiger partial charge in [0.15, 0.2) is 0 Å². The Hall–Kier alpha value is -2.24. The minimum atomic E-state index is -5.08. The van der Waals surface area contributed by atoms with E-state index in [2.05, 4.69) is 4.98 Å². The average molecular weight is 474 g/mol. The highest BCUT2D eigenvalue weighted by atomic mass is 19.4. The van der Waals surface area contributed by atoms with Crippen molar-refractivity contribution in [2.24, 2.45) is 17.8 Å². The number of carboxylic acids is 1. The molecule has 3 aliphatic heterocycles. The molecule has 184 valence electrons. The Labute approximate surface area is 190 Å². The summed E-state index contributed by atoms with van der Waals surface area (Å²) in [5.41, 5.74) is 1.15. The summed E-state index contributed by atoms with van der Waals surface area (Å²) in [6.45, 7) is 5.18. The molecule has 11 heteroatoms. The van der Waals surface area contributed by atoms with Gasteiger partial charge in [-0.2, -0.15) is 13.2 Å². The van der Waals surface area contributed by atoms with E-state index in [1.54, 1.807) is 12.4 Å². The molecular weight excluding hydrogens is 445 g/mol. The maximum Gasteiger partial charge on any atom is 0.490 e. The number of fused-ring (bicyclic) bond motifs is 1. The van der Waals surface area contributed by atoms with Crippen LogP contribution in [0.5, 0.6) is 0 Å². The van der Waals surface area contributed by atoms with E-state index < -0.39 is 12.1 Å². The van der Waals surface area contributed by atoms with Gasteiger partial charge in [-0.1, -0.05) is 0 Å². The Kier molecular flexibility index (Phi) is 9.04. The van der Waals surface area contributed by atoms with Crippen molar-refractivity contribution in [1.29, 1.82) is 0 Å². The summed E-state index contributed by atoms with van der Waals surface area (Å²) in [6, 6.07) is 3.96. The lowest BCUT2D eigenvalue weighted by Crippen LogP contribution is -2.38. The van der Waals surface area contributed by atoms with Crippen LogP contribution in [-0.2, 0) is 30.4 Å². The predicted octanol–water partition coefficient (Wildman–Crippen LogP) is 2.52. The monoisotopic (exact) mass is 474 g/mol. The molecule has 4 heterocycles. The standard InChI is InChI=1S/C20H28N2O4.C2HF3O2/c23-20(16-3-8-24-9-4-16)22-11-18-17(14-26-19(18)12-22)5-10-25-13-15-1-6-21-7-2-15;3-2(4,5)1(6)7/h1-2,6-7,16-19H,3-5,8-14H2;(H,6,7)/t17-,18-,19-;/m0./s1. The molecule has 0 unspecified atom stereocenters. The Morgan fingerprint density at radius 1 is 1.18 bits per heavy atom. The number of carboxylic acid groups (broad SMARTS) is 1. The molecule has 3 fully saturated rings. The quantitative estimate of drug-likeness (QED) is 0.633. The van der Waals surface area contributed by atoms with Gasteiger partial charge >= 0.3 is 12.1 Å². The minimum absolute atomic E-state index is 0.143. The van der Waals surface area contributed by atoms with Crippen molar-refractivity contribution >= 4 is 11.9 Å². The number of amides is 1. The molecule has 3 atom stereocenters. The zero-order chi connectivity index (χ0) is 23.8. The normalized spacial score (nSPS) is 25.3. The summed E-state index contributed by atoms with van der Waals surface area (Å²) in [6.07, 6.45) is 1.41. The van der Waals surface area contributed by atoms with Crippen LogP contribution in [0.3, 0.4) is 0 Å². The van der Waals surface area contributed by atoms with Crippen LogP contribution in [0.25, 0.3) is 0 Å². The van der Waals surface area contributed by atoms with Crippen LogP contribution in [0, 0.1) is 17.8 Å². The molecular formula is C22H29F3N2O6.